The van der Waals surface area contributed by atoms with Crippen LogP contribution < -0.4 is 10.3 Å². The average molecular weight is 536 g/mol. The lowest BCUT2D eigenvalue weighted by Gasteiger charge is -2.32. The van der Waals surface area contributed by atoms with Gasteiger partial charge in [-0.15, -0.1) is 11.3 Å². The van der Waals surface area contributed by atoms with E-state index in [1.54, 1.807) is 18.2 Å². The lowest BCUT2D eigenvalue weighted by molar-refractivity contribution is -0.384. The molecule has 37 heavy (non-hydrogen) atoms. The Morgan fingerprint density at radius 3 is 2.49 bits per heavy atom. The van der Waals surface area contributed by atoms with Gasteiger partial charge in [-0.2, -0.15) is 0 Å². The zero-order chi connectivity index (χ0) is 26.5. The number of hydrogen-bond acceptors (Lipinski definition) is 7. The van der Waals surface area contributed by atoms with Crippen LogP contribution in [0.1, 0.15) is 36.3 Å². The zero-order valence-electron chi connectivity index (χ0n) is 20.3. The lowest BCUT2D eigenvalue weighted by atomic mass is 9.75. The number of non-ortho nitro benzene ring substituents is 1. The number of aromatic nitrogens is 2. The van der Waals surface area contributed by atoms with Crippen molar-refractivity contribution in [3.8, 4) is 33.3 Å². The van der Waals surface area contributed by atoms with Gasteiger partial charge in [0, 0.05) is 45.8 Å². The number of methoxy groups -OCH3 is 1. The van der Waals surface area contributed by atoms with Crippen molar-refractivity contribution < 1.29 is 14.5 Å². The maximum Gasteiger partial charge on any atom is 0.271 e. The van der Waals surface area contributed by atoms with Crippen molar-refractivity contribution in [3.63, 3.8) is 0 Å². The summed E-state index contributed by atoms with van der Waals surface area (Å²) in [5, 5.41) is 14.4. The van der Waals surface area contributed by atoms with E-state index in [2.05, 4.69) is 4.98 Å². The summed E-state index contributed by atoms with van der Waals surface area (Å²) in [6, 6.07) is 12.9. The van der Waals surface area contributed by atoms with Gasteiger partial charge in [-0.1, -0.05) is 37.6 Å². The number of Topliss-reactive ketones (excluding diaryl/α,β-unsaturated/α-hetero) is 1. The van der Waals surface area contributed by atoms with E-state index in [-0.39, 0.29) is 28.5 Å². The molecule has 0 N–H and O–H groups in total. The number of fused-ring (bicyclic) bond motifs is 1. The SMILES string of the molecule is COc1ccc([N+](=O)[O-])cc1-n1c2c(cc(-c3nc(-c4ccc(Cl)cc4)cs3)c1=O)C(=O)CC(C)(C)C2. The highest BCUT2D eigenvalue weighted by Crippen LogP contribution is 2.39. The van der Waals surface area contributed by atoms with E-state index in [9.17, 15) is 19.7 Å². The Morgan fingerprint density at radius 1 is 1.08 bits per heavy atom. The summed E-state index contributed by atoms with van der Waals surface area (Å²) in [6.07, 6.45) is 0.751. The molecule has 5 rings (SSSR count). The normalized spacial score (nSPS) is 14.3. The summed E-state index contributed by atoms with van der Waals surface area (Å²) >= 11 is 7.29. The topological polar surface area (TPSA) is 104 Å². The van der Waals surface area contributed by atoms with Crippen LogP contribution in [0.15, 0.2) is 58.7 Å². The third-order valence-corrected chi connectivity index (χ3v) is 7.50. The number of nitro benzene ring substituents is 1. The van der Waals surface area contributed by atoms with Gasteiger partial charge in [0.1, 0.15) is 10.8 Å². The molecule has 8 nitrogen and oxygen atoms in total. The summed E-state index contributed by atoms with van der Waals surface area (Å²) in [4.78, 5) is 43.1. The number of benzene rings is 2. The van der Waals surface area contributed by atoms with Crippen LogP contribution >= 0.6 is 22.9 Å². The molecule has 0 saturated carbocycles. The molecule has 0 aliphatic heterocycles. The minimum absolute atomic E-state index is 0.0971. The highest BCUT2D eigenvalue weighted by molar-refractivity contribution is 7.13. The van der Waals surface area contributed by atoms with Gasteiger partial charge >= 0.3 is 0 Å². The monoisotopic (exact) mass is 535 g/mol. The number of ether oxygens (including phenoxy) is 1. The van der Waals surface area contributed by atoms with Crippen molar-refractivity contribution in [1.29, 1.82) is 0 Å². The van der Waals surface area contributed by atoms with Crippen molar-refractivity contribution in [2.45, 2.75) is 26.7 Å². The van der Waals surface area contributed by atoms with Crippen molar-refractivity contribution in [2.75, 3.05) is 7.11 Å². The molecule has 0 spiro atoms. The van der Waals surface area contributed by atoms with Gasteiger partial charge in [0.05, 0.1) is 29.0 Å². The van der Waals surface area contributed by atoms with Crippen molar-refractivity contribution in [1.82, 2.24) is 9.55 Å². The van der Waals surface area contributed by atoms with Crippen LogP contribution in [0.5, 0.6) is 5.75 Å². The van der Waals surface area contributed by atoms with Crippen molar-refractivity contribution in [3.05, 3.63) is 90.7 Å². The number of thiazole rings is 1. The smallest absolute Gasteiger partial charge is 0.271 e. The summed E-state index contributed by atoms with van der Waals surface area (Å²) in [7, 11) is 1.43. The predicted molar refractivity (Wildman–Crippen MR) is 143 cm³/mol. The highest BCUT2D eigenvalue weighted by Gasteiger charge is 2.35. The number of pyridine rings is 1. The van der Waals surface area contributed by atoms with Crippen LogP contribution in [0.4, 0.5) is 5.69 Å². The second-order valence-corrected chi connectivity index (χ2v) is 11.0. The first-order valence-electron chi connectivity index (χ1n) is 11.4. The van der Waals surface area contributed by atoms with Crippen LogP contribution in [-0.4, -0.2) is 27.4 Å². The Labute approximate surface area is 221 Å². The fraction of sp³-hybridized carbons (Fsp3) is 0.222. The molecule has 1 aliphatic carbocycles. The van der Waals surface area contributed by atoms with E-state index in [1.165, 1.54) is 41.2 Å². The molecule has 188 valence electrons. The standard InChI is InChI=1S/C27H22ClN3O5S/c1-27(2)12-22-18(23(32)13-27)11-19(25-29-20(14-37-25)15-4-6-16(28)7-5-15)26(33)30(22)21-10-17(31(34)35)8-9-24(21)36-3/h4-11,14H,12-13H2,1-3H3. The predicted octanol–water partition coefficient (Wildman–Crippen LogP) is 6.35. The third kappa shape index (κ3) is 4.56. The van der Waals surface area contributed by atoms with Gasteiger partial charge in [-0.25, -0.2) is 4.98 Å². The Bertz CT molecular complexity index is 1620. The summed E-state index contributed by atoms with van der Waals surface area (Å²) in [5.41, 5.74) is 1.85. The van der Waals surface area contributed by atoms with Crippen molar-refractivity contribution in [2.24, 2.45) is 5.41 Å². The Morgan fingerprint density at radius 2 is 1.81 bits per heavy atom. The second kappa shape index (κ2) is 9.24. The number of rotatable bonds is 5. The molecule has 2 heterocycles. The summed E-state index contributed by atoms with van der Waals surface area (Å²) < 4.78 is 6.87. The van der Waals surface area contributed by atoms with Crippen LogP contribution in [0.3, 0.4) is 0 Å². The van der Waals surface area contributed by atoms with Gasteiger partial charge in [-0.05, 0) is 36.1 Å². The molecule has 0 unspecified atom stereocenters. The van der Waals surface area contributed by atoms with Crippen LogP contribution in [-0.2, 0) is 6.42 Å². The number of carbonyl (C=O) groups excluding carboxylic acids is 1. The Kier molecular flexibility index (Phi) is 6.21. The second-order valence-electron chi connectivity index (χ2n) is 9.66. The van der Waals surface area contributed by atoms with Gasteiger partial charge in [0.2, 0.25) is 0 Å². The number of carbonyl (C=O) groups is 1. The maximum absolute atomic E-state index is 14.1. The fourth-order valence-corrected chi connectivity index (χ4v) is 5.60. The number of halogens is 1. The van der Waals surface area contributed by atoms with E-state index in [0.717, 1.165) is 5.56 Å². The summed E-state index contributed by atoms with van der Waals surface area (Å²) in [6.45, 7) is 3.92. The number of nitrogens with zero attached hydrogens (tertiary/aromatic N) is 3. The van der Waals surface area contributed by atoms with Gasteiger partial charge in [-0.3, -0.25) is 24.3 Å². The molecule has 4 aromatic rings. The third-order valence-electron chi connectivity index (χ3n) is 6.38. The molecule has 0 fully saturated rings. The molecule has 0 amide bonds. The minimum atomic E-state index is -0.529. The molecule has 0 radical (unpaired) electrons. The molecule has 2 aromatic carbocycles. The number of nitro groups is 1. The highest BCUT2D eigenvalue weighted by atomic mass is 35.5. The molecule has 10 heteroatoms. The van der Waals surface area contributed by atoms with Gasteiger partial charge in [0.15, 0.2) is 5.78 Å². The first-order valence-corrected chi connectivity index (χ1v) is 12.7. The Hall–Kier alpha value is -3.82. The van der Waals surface area contributed by atoms with E-state index in [1.807, 2.05) is 31.4 Å². The first-order chi connectivity index (χ1) is 17.6. The number of hydrogen-bond donors (Lipinski definition) is 0. The molecule has 1 aliphatic rings. The Balaban J connectivity index is 1.78. The number of ketones is 1. The average Bonchev–Trinajstić information content (AvgIpc) is 3.33. The van der Waals surface area contributed by atoms with E-state index in [0.29, 0.717) is 39.8 Å². The van der Waals surface area contributed by atoms with Crippen LogP contribution in [0.25, 0.3) is 27.5 Å². The van der Waals surface area contributed by atoms with E-state index >= 15 is 0 Å². The van der Waals surface area contributed by atoms with Crippen LogP contribution in [0, 0.1) is 15.5 Å². The minimum Gasteiger partial charge on any atom is -0.495 e. The van der Waals surface area contributed by atoms with E-state index < -0.39 is 15.9 Å². The lowest BCUT2D eigenvalue weighted by Crippen LogP contribution is -2.35. The molecule has 0 saturated heterocycles. The van der Waals surface area contributed by atoms with Crippen molar-refractivity contribution >= 4 is 34.4 Å². The largest absolute Gasteiger partial charge is 0.495 e. The molecule has 2 aromatic heterocycles. The maximum atomic E-state index is 14.1. The molecular formula is C27H22ClN3O5S. The first kappa shape index (κ1) is 24.9. The molecular weight excluding hydrogens is 514 g/mol. The van der Waals surface area contributed by atoms with E-state index in [4.69, 9.17) is 16.3 Å². The molecule has 0 bridgehead atoms. The molecule has 0 atom stereocenters. The summed E-state index contributed by atoms with van der Waals surface area (Å²) in [5.74, 6) is 0.184. The fourth-order valence-electron chi connectivity index (χ4n) is 4.64. The quantitative estimate of drug-likeness (QED) is 0.218. The van der Waals surface area contributed by atoms with Gasteiger partial charge < -0.3 is 4.74 Å². The zero-order valence-corrected chi connectivity index (χ0v) is 21.9. The van der Waals surface area contributed by atoms with Gasteiger partial charge in [0.25, 0.3) is 11.2 Å². The van der Waals surface area contributed by atoms with Crippen LogP contribution in [0.2, 0.25) is 5.02 Å².